The summed E-state index contributed by atoms with van der Waals surface area (Å²) in [6.45, 7) is 2.51. The smallest absolute Gasteiger partial charge is 0.274 e. The van der Waals surface area contributed by atoms with Gasteiger partial charge in [0.05, 0.1) is 5.69 Å². The first kappa shape index (κ1) is 20.1. The molecule has 1 aliphatic rings. The summed E-state index contributed by atoms with van der Waals surface area (Å²) in [5, 5.41) is 7.47. The number of rotatable bonds is 5. The first-order chi connectivity index (χ1) is 12.2. The predicted octanol–water partition coefficient (Wildman–Crippen LogP) is 2.12. The van der Waals surface area contributed by atoms with Crippen molar-refractivity contribution >= 4 is 18.3 Å². The minimum absolute atomic E-state index is 0. The van der Waals surface area contributed by atoms with E-state index < -0.39 is 0 Å². The number of para-hydroxylation sites is 1. The van der Waals surface area contributed by atoms with Crippen molar-refractivity contribution in [1.82, 2.24) is 20.0 Å². The van der Waals surface area contributed by atoms with E-state index in [9.17, 15) is 9.59 Å². The fraction of sp³-hybridized carbons (Fsp3) is 0.421. The molecule has 1 aliphatic heterocycles. The lowest BCUT2D eigenvalue weighted by atomic mass is 9.93. The van der Waals surface area contributed by atoms with E-state index in [0.29, 0.717) is 17.3 Å². The van der Waals surface area contributed by atoms with Gasteiger partial charge in [0.15, 0.2) is 0 Å². The molecule has 0 radical (unpaired) electrons. The van der Waals surface area contributed by atoms with Crippen LogP contribution >= 0.6 is 12.4 Å². The number of benzene rings is 1. The highest BCUT2D eigenvalue weighted by Crippen LogP contribution is 2.21. The molecule has 2 aromatic rings. The minimum Gasteiger partial charge on any atom is -0.337 e. The molecule has 3 rings (SSSR count). The second-order valence-corrected chi connectivity index (χ2v) is 6.43. The molecule has 0 unspecified atom stereocenters. The molecule has 0 aliphatic carbocycles. The third-order valence-electron chi connectivity index (χ3n) is 4.72. The highest BCUT2D eigenvalue weighted by Gasteiger charge is 2.24. The maximum atomic E-state index is 12.8. The van der Waals surface area contributed by atoms with E-state index in [0.717, 1.165) is 38.9 Å². The van der Waals surface area contributed by atoms with Gasteiger partial charge in [0, 0.05) is 19.2 Å². The number of halogens is 1. The van der Waals surface area contributed by atoms with Crippen molar-refractivity contribution in [2.24, 2.45) is 5.92 Å². The number of hydrogen-bond donors (Lipinski definition) is 1. The molecule has 1 N–H and O–H groups in total. The van der Waals surface area contributed by atoms with Gasteiger partial charge in [-0.1, -0.05) is 18.2 Å². The van der Waals surface area contributed by atoms with Gasteiger partial charge in [-0.05, 0) is 57.0 Å². The van der Waals surface area contributed by atoms with Crippen LogP contribution in [0.4, 0.5) is 0 Å². The van der Waals surface area contributed by atoms with Crippen LogP contribution in [0.15, 0.2) is 47.3 Å². The van der Waals surface area contributed by atoms with E-state index in [2.05, 4.69) is 10.4 Å². The number of piperidine rings is 1. The number of nitrogens with one attached hydrogen (secondary N) is 1. The van der Waals surface area contributed by atoms with E-state index in [1.165, 1.54) is 16.8 Å². The van der Waals surface area contributed by atoms with Gasteiger partial charge in [0.1, 0.15) is 5.69 Å². The van der Waals surface area contributed by atoms with Crippen LogP contribution in [0.2, 0.25) is 0 Å². The number of carbonyl (C=O) groups is 1. The molecule has 140 valence electrons. The monoisotopic (exact) mass is 376 g/mol. The van der Waals surface area contributed by atoms with Crippen LogP contribution in [0.3, 0.4) is 0 Å². The minimum atomic E-state index is -0.242. The number of hydrogen-bond acceptors (Lipinski definition) is 4. The molecule has 6 nitrogen and oxygen atoms in total. The van der Waals surface area contributed by atoms with E-state index in [-0.39, 0.29) is 23.9 Å². The highest BCUT2D eigenvalue weighted by atomic mass is 35.5. The Morgan fingerprint density at radius 1 is 1.15 bits per heavy atom. The molecule has 2 heterocycles. The molecular formula is C19H25ClN4O2. The zero-order chi connectivity index (χ0) is 17.6. The van der Waals surface area contributed by atoms with E-state index in [1.807, 2.05) is 30.1 Å². The molecule has 0 saturated carbocycles. The second-order valence-electron chi connectivity index (χ2n) is 6.43. The SMILES string of the molecule is CNCCC1CCN(C(=O)c2ccc(=O)n(-c3ccccc3)n2)CC1.Cl. The van der Waals surface area contributed by atoms with Crippen LogP contribution in [-0.4, -0.2) is 47.3 Å². The fourth-order valence-electron chi connectivity index (χ4n) is 3.21. The number of carbonyl (C=O) groups excluding carboxylic acids is 1. The van der Waals surface area contributed by atoms with Crippen molar-refractivity contribution < 1.29 is 4.79 Å². The molecule has 1 amide bonds. The Labute approximate surface area is 159 Å². The number of likely N-dealkylation sites (tertiary alicyclic amines) is 1. The summed E-state index contributed by atoms with van der Waals surface area (Å²) in [5.41, 5.74) is 0.735. The quantitative estimate of drug-likeness (QED) is 0.867. The van der Waals surface area contributed by atoms with E-state index in [1.54, 1.807) is 12.1 Å². The van der Waals surface area contributed by atoms with Crippen LogP contribution < -0.4 is 10.9 Å². The molecule has 1 saturated heterocycles. The van der Waals surface area contributed by atoms with Gasteiger partial charge in [-0.3, -0.25) is 9.59 Å². The Bertz CT molecular complexity index is 771. The first-order valence-electron chi connectivity index (χ1n) is 8.78. The number of amides is 1. The van der Waals surface area contributed by atoms with Gasteiger partial charge in [0.25, 0.3) is 11.5 Å². The summed E-state index contributed by atoms with van der Waals surface area (Å²) in [4.78, 5) is 26.7. The second kappa shape index (κ2) is 9.50. The zero-order valence-electron chi connectivity index (χ0n) is 14.9. The summed E-state index contributed by atoms with van der Waals surface area (Å²) in [6.07, 6.45) is 3.19. The van der Waals surface area contributed by atoms with Gasteiger partial charge in [-0.15, -0.1) is 12.4 Å². The lowest BCUT2D eigenvalue weighted by Crippen LogP contribution is -2.40. The largest absolute Gasteiger partial charge is 0.337 e. The maximum Gasteiger partial charge on any atom is 0.274 e. The summed E-state index contributed by atoms with van der Waals surface area (Å²) < 4.78 is 1.28. The third kappa shape index (κ3) is 4.71. The number of nitrogens with zero attached hydrogens (tertiary/aromatic N) is 3. The lowest BCUT2D eigenvalue weighted by Gasteiger charge is -2.31. The predicted molar refractivity (Wildman–Crippen MR) is 104 cm³/mol. The van der Waals surface area contributed by atoms with Crippen LogP contribution in [0.25, 0.3) is 5.69 Å². The topological polar surface area (TPSA) is 67.2 Å². The lowest BCUT2D eigenvalue weighted by molar-refractivity contribution is 0.0679. The summed E-state index contributed by atoms with van der Waals surface area (Å²) >= 11 is 0. The molecule has 7 heteroatoms. The first-order valence-corrected chi connectivity index (χ1v) is 8.78. The van der Waals surface area contributed by atoms with Crippen LogP contribution in [-0.2, 0) is 0 Å². The Kier molecular flexibility index (Phi) is 7.36. The van der Waals surface area contributed by atoms with Crippen molar-refractivity contribution in [3.05, 3.63) is 58.5 Å². The van der Waals surface area contributed by atoms with E-state index in [4.69, 9.17) is 0 Å². The highest BCUT2D eigenvalue weighted by molar-refractivity contribution is 5.92. The Morgan fingerprint density at radius 2 is 1.85 bits per heavy atom. The maximum absolute atomic E-state index is 12.8. The molecule has 1 fully saturated rings. The zero-order valence-corrected chi connectivity index (χ0v) is 15.7. The van der Waals surface area contributed by atoms with Crippen LogP contribution in [0, 0.1) is 5.92 Å². The number of aromatic nitrogens is 2. The van der Waals surface area contributed by atoms with Crippen molar-refractivity contribution in [2.75, 3.05) is 26.7 Å². The fourth-order valence-corrected chi connectivity index (χ4v) is 3.21. The molecule has 1 aromatic carbocycles. The van der Waals surface area contributed by atoms with Gasteiger partial charge in [0.2, 0.25) is 0 Å². The molecule has 0 bridgehead atoms. The third-order valence-corrected chi connectivity index (χ3v) is 4.72. The summed E-state index contributed by atoms with van der Waals surface area (Å²) in [6, 6.07) is 12.1. The van der Waals surface area contributed by atoms with Crippen LogP contribution in [0.1, 0.15) is 29.8 Å². The average molecular weight is 377 g/mol. The average Bonchev–Trinajstić information content (AvgIpc) is 2.67. The van der Waals surface area contributed by atoms with Gasteiger partial charge in [-0.2, -0.15) is 9.78 Å². The van der Waals surface area contributed by atoms with Gasteiger partial charge < -0.3 is 10.2 Å². The Hall–Kier alpha value is -2.18. The Morgan fingerprint density at radius 3 is 2.50 bits per heavy atom. The molecule has 1 aromatic heterocycles. The molecular weight excluding hydrogens is 352 g/mol. The van der Waals surface area contributed by atoms with Gasteiger partial charge in [-0.25, -0.2) is 0 Å². The van der Waals surface area contributed by atoms with Crippen molar-refractivity contribution in [3.8, 4) is 5.69 Å². The summed E-state index contributed by atoms with van der Waals surface area (Å²) in [5.74, 6) is 0.569. The van der Waals surface area contributed by atoms with E-state index >= 15 is 0 Å². The van der Waals surface area contributed by atoms with Crippen molar-refractivity contribution in [1.29, 1.82) is 0 Å². The molecule has 0 spiro atoms. The standard InChI is InChI=1S/C19H24N4O2.ClH/c1-20-12-9-15-10-13-22(14-11-15)19(25)17-7-8-18(24)23(21-17)16-5-3-2-4-6-16;/h2-8,15,20H,9-14H2,1H3;1H. The molecule has 0 atom stereocenters. The molecule has 26 heavy (non-hydrogen) atoms. The van der Waals surface area contributed by atoms with Crippen LogP contribution in [0.5, 0.6) is 0 Å². The van der Waals surface area contributed by atoms with Crippen molar-refractivity contribution in [2.45, 2.75) is 19.3 Å². The Balaban J connectivity index is 0.00000243. The van der Waals surface area contributed by atoms with Crippen molar-refractivity contribution in [3.63, 3.8) is 0 Å². The summed E-state index contributed by atoms with van der Waals surface area (Å²) in [7, 11) is 1.96. The normalized spacial score (nSPS) is 14.7. The van der Waals surface area contributed by atoms with Gasteiger partial charge >= 0.3 is 0 Å².